The van der Waals surface area contributed by atoms with Crippen LogP contribution < -0.4 is 15.1 Å². The molecule has 2 aromatic rings. The van der Waals surface area contributed by atoms with Gasteiger partial charge in [-0.3, -0.25) is 0 Å². The van der Waals surface area contributed by atoms with Crippen molar-refractivity contribution in [2.75, 3.05) is 42.3 Å². The van der Waals surface area contributed by atoms with Crippen LogP contribution in [0.3, 0.4) is 0 Å². The highest BCUT2D eigenvalue weighted by molar-refractivity contribution is 7.15. The molecule has 24 heavy (non-hydrogen) atoms. The van der Waals surface area contributed by atoms with Crippen LogP contribution in [0.4, 0.5) is 16.8 Å². The van der Waals surface area contributed by atoms with Crippen LogP contribution in [0.2, 0.25) is 0 Å². The van der Waals surface area contributed by atoms with E-state index < -0.39 is 0 Å². The normalized spacial score (nSPS) is 17.8. The number of nitrogens with one attached hydrogen (secondary N) is 1. The fourth-order valence-electron chi connectivity index (χ4n) is 3.41. The Morgan fingerprint density at radius 2 is 2.04 bits per heavy atom. The Kier molecular flexibility index (Phi) is 4.26. The van der Waals surface area contributed by atoms with Crippen LogP contribution in [0, 0.1) is 0 Å². The van der Waals surface area contributed by atoms with Crippen LogP contribution in [-0.2, 0) is 12.8 Å². The quantitative estimate of drug-likeness (QED) is 0.920. The van der Waals surface area contributed by atoms with Gasteiger partial charge in [-0.25, -0.2) is 15.0 Å². The maximum Gasteiger partial charge on any atom is 0.185 e. The molecular formula is C17H24N6S. The first-order chi connectivity index (χ1) is 11.7. The zero-order valence-corrected chi connectivity index (χ0v) is 15.1. The predicted octanol–water partition coefficient (Wildman–Crippen LogP) is 2.57. The summed E-state index contributed by atoms with van der Waals surface area (Å²) >= 11 is 1.91. The minimum atomic E-state index is 0.470. The van der Waals surface area contributed by atoms with E-state index in [0.29, 0.717) is 6.04 Å². The van der Waals surface area contributed by atoms with E-state index in [4.69, 9.17) is 4.98 Å². The monoisotopic (exact) mass is 344 g/mol. The summed E-state index contributed by atoms with van der Waals surface area (Å²) in [6.45, 7) is 2.13. The van der Waals surface area contributed by atoms with E-state index in [1.165, 1.54) is 35.0 Å². The van der Waals surface area contributed by atoms with Crippen LogP contribution in [0.25, 0.3) is 0 Å². The molecule has 128 valence electrons. The van der Waals surface area contributed by atoms with Crippen LogP contribution in [0.1, 0.15) is 29.8 Å². The van der Waals surface area contributed by atoms with E-state index >= 15 is 0 Å². The van der Waals surface area contributed by atoms with Crippen molar-refractivity contribution >= 4 is 28.1 Å². The van der Waals surface area contributed by atoms with Gasteiger partial charge in [0, 0.05) is 44.2 Å². The van der Waals surface area contributed by atoms with Gasteiger partial charge in [-0.05, 0) is 32.1 Å². The van der Waals surface area contributed by atoms with E-state index in [-0.39, 0.29) is 0 Å². The van der Waals surface area contributed by atoms with Crippen molar-refractivity contribution in [1.29, 1.82) is 0 Å². The van der Waals surface area contributed by atoms with Crippen LogP contribution in [-0.4, -0.2) is 48.2 Å². The summed E-state index contributed by atoms with van der Waals surface area (Å²) in [4.78, 5) is 19.4. The van der Waals surface area contributed by atoms with Gasteiger partial charge in [0.15, 0.2) is 5.13 Å². The van der Waals surface area contributed by atoms with Gasteiger partial charge in [0.25, 0.3) is 0 Å². The van der Waals surface area contributed by atoms with E-state index in [2.05, 4.69) is 20.2 Å². The Morgan fingerprint density at radius 1 is 1.21 bits per heavy atom. The lowest BCUT2D eigenvalue weighted by Gasteiger charge is -2.32. The molecule has 2 aromatic heterocycles. The average Bonchev–Trinajstić information content (AvgIpc) is 3.17. The minimum Gasteiger partial charge on any atom is -0.367 e. The molecule has 0 aromatic carbocycles. The molecule has 1 fully saturated rings. The molecular weight excluding hydrogens is 320 g/mol. The number of hydrogen-bond donors (Lipinski definition) is 1. The van der Waals surface area contributed by atoms with Crippen molar-refractivity contribution in [2.24, 2.45) is 0 Å². The molecule has 1 N–H and O–H groups in total. The highest BCUT2D eigenvalue weighted by atomic mass is 32.1. The Labute approximate surface area is 146 Å². The van der Waals surface area contributed by atoms with Gasteiger partial charge in [-0.15, -0.1) is 11.3 Å². The third kappa shape index (κ3) is 3.17. The average molecular weight is 344 g/mol. The second-order valence-electron chi connectivity index (χ2n) is 6.78. The lowest BCUT2D eigenvalue weighted by molar-refractivity contribution is 0.524. The molecule has 7 heteroatoms. The fraction of sp³-hybridized carbons (Fsp3) is 0.588. The van der Waals surface area contributed by atoms with Gasteiger partial charge in [0.05, 0.1) is 5.69 Å². The minimum absolute atomic E-state index is 0.470. The highest BCUT2D eigenvalue weighted by Crippen LogP contribution is 2.33. The number of hydrogen-bond acceptors (Lipinski definition) is 7. The SMILES string of the molecule is CN(C)c1cc(NC2CCN(c3nc4c(s3)CCC4)CC2)ncn1. The van der Waals surface area contributed by atoms with Gasteiger partial charge < -0.3 is 15.1 Å². The van der Waals surface area contributed by atoms with Gasteiger partial charge in [0.2, 0.25) is 0 Å². The van der Waals surface area contributed by atoms with Crippen molar-refractivity contribution in [2.45, 2.75) is 38.1 Å². The molecule has 0 bridgehead atoms. The molecule has 0 spiro atoms. The summed E-state index contributed by atoms with van der Waals surface area (Å²) < 4.78 is 0. The van der Waals surface area contributed by atoms with Crippen molar-refractivity contribution in [3.05, 3.63) is 23.0 Å². The second-order valence-corrected chi connectivity index (χ2v) is 7.84. The zero-order chi connectivity index (χ0) is 16.5. The van der Waals surface area contributed by atoms with Gasteiger partial charge in [-0.1, -0.05) is 0 Å². The number of thiazole rings is 1. The maximum absolute atomic E-state index is 4.85. The van der Waals surface area contributed by atoms with E-state index in [0.717, 1.165) is 37.6 Å². The molecule has 0 unspecified atom stereocenters. The zero-order valence-electron chi connectivity index (χ0n) is 14.3. The first-order valence-electron chi connectivity index (χ1n) is 8.68. The third-order valence-electron chi connectivity index (χ3n) is 4.81. The molecule has 1 aliphatic heterocycles. The Bertz CT molecular complexity index is 683. The molecule has 0 radical (unpaired) electrons. The molecule has 1 aliphatic carbocycles. The van der Waals surface area contributed by atoms with Crippen molar-refractivity contribution in [1.82, 2.24) is 15.0 Å². The first kappa shape index (κ1) is 15.6. The molecule has 4 rings (SSSR count). The first-order valence-corrected chi connectivity index (χ1v) is 9.50. The molecule has 3 heterocycles. The summed E-state index contributed by atoms with van der Waals surface area (Å²) in [5.41, 5.74) is 1.35. The Balaban J connectivity index is 1.35. The lowest BCUT2D eigenvalue weighted by Crippen LogP contribution is -2.39. The van der Waals surface area contributed by atoms with Gasteiger partial charge >= 0.3 is 0 Å². The molecule has 0 saturated carbocycles. The third-order valence-corrected chi connectivity index (χ3v) is 6.03. The smallest absolute Gasteiger partial charge is 0.185 e. The number of fused-ring (bicyclic) bond motifs is 1. The molecule has 6 nitrogen and oxygen atoms in total. The van der Waals surface area contributed by atoms with Crippen LogP contribution in [0.5, 0.6) is 0 Å². The predicted molar refractivity (Wildman–Crippen MR) is 99.4 cm³/mol. The van der Waals surface area contributed by atoms with E-state index in [1.54, 1.807) is 6.33 Å². The number of piperidine rings is 1. The van der Waals surface area contributed by atoms with Crippen LogP contribution >= 0.6 is 11.3 Å². The Morgan fingerprint density at radius 3 is 2.79 bits per heavy atom. The largest absolute Gasteiger partial charge is 0.367 e. The molecule has 0 atom stereocenters. The summed E-state index contributed by atoms with van der Waals surface area (Å²) in [6.07, 6.45) is 7.55. The fourth-order valence-corrected chi connectivity index (χ4v) is 4.61. The topological polar surface area (TPSA) is 57.2 Å². The Hall–Kier alpha value is -1.89. The van der Waals surface area contributed by atoms with Crippen molar-refractivity contribution in [3.63, 3.8) is 0 Å². The summed E-state index contributed by atoms with van der Waals surface area (Å²) in [5.74, 6) is 1.85. The van der Waals surface area contributed by atoms with Crippen LogP contribution in [0.15, 0.2) is 12.4 Å². The van der Waals surface area contributed by atoms with Crippen molar-refractivity contribution in [3.8, 4) is 0 Å². The second kappa shape index (κ2) is 6.55. The van der Waals surface area contributed by atoms with Gasteiger partial charge in [0.1, 0.15) is 18.0 Å². The number of aromatic nitrogens is 3. The number of rotatable bonds is 4. The molecule has 1 saturated heterocycles. The highest BCUT2D eigenvalue weighted by Gasteiger charge is 2.24. The standard InChI is InChI=1S/C17H24N6S/c1-22(2)16-10-15(18-11-19-16)20-12-6-8-23(9-7-12)17-21-13-4-3-5-14(13)24-17/h10-12H,3-9H2,1-2H3,(H,18,19,20). The number of aryl methyl sites for hydroxylation is 2. The van der Waals surface area contributed by atoms with Crippen molar-refractivity contribution < 1.29 is 0 Å². The molecule has 0 amide bonds. The molecule has 2 aliphatic rings. The number of anilines is 3. The van der Waals surface area contributed by atoms with E-state index in [9.17, 15) is 0 Å². The summed E-state index contributed by atoms with van der Waals surface area (Å²) in [6, 6.07) is 2.48. The summed E-state index contributed by atoms with van der Waals surface area (Å²) in [5, 5.41) is 4.80. The summed E-state index contributed by atoms with van der Waals surface area (Å²) in [7, 11) is 3.99. The maximum atomic E-state index is 4.85. The van der Waals surface area contributed by atoms with E-state index in [1.807, 2.05) is 36.4 Å². The van der Waals surface area contributed by atoms with Gasteiger partial charge in [-0.2, -0.15) is 0 Å². The number of nitrogens with zero attached hydrogens (tertiary/aromatic N) is 5. The lowest BCUT2D eigenvalue weighted by atomic mass is 10.1.